The second-order valence-electron chi connectivity index (χ2n) is 3.28. The van der Waals surface area contributed by atoms with E-state index in [4.69, 9.17) is 10.2 Å². The first-order chi connectivity index (χ1) is 7.22. The number of phosphoric ester groups is 1. The molecule has 0 aromatic heterocycles. The molecule has 0 aromatic rings. The first-order valence-corrected chi connectivity index (χ1v) is 5.73. The monoisotopic (exact) mass is 310 g/mol. The summed E-state index contributed by atoms with van der Waals surface area (Å²) in [5.41, 5.74) is 0. The third-order valence-corrected chi connectivity index (χ3v) is 2.55. The molecule has 1 aliphatic rings. The Morgan fingerprint density at radius 3 is 2.00 bits per heavy atom. The minimum atomic E-state index is -5.23. The molecule has 1 saturated heterocycles. The zero-order valence-electron chi connectivity index (χ0n) is 9.87. The molecule has 1 aliphatic heterocycles. The van der Waals surface area contributed by atoms with Gasteiger partial charge in [-0.1, -0.05) is 0 Å². The van der Waals surface area contributed by atoms with Crippen LogP contribution in [0.4, 0.5) is 0 Å². The van der Waals surface area contributed by atoms with E-state index in [2.05, 4.69) is 9.26 Å². The molecule has 0 aliphatic carbocycles. The average molecular weight is 310 g/mol. The first-order valence-electron chi connectivity index (χ1n) is 4.26. The smallest absolute Gasteiger partial charge is 0.790 e. The molecule has 12 heteroatoms. The molecule has 5 atom stereocenters. The van der Waals surface area contributed by atoms with Gasteiger partial charge in [0.05, 0.1) is 14.4 Å². The standard InChI is InChI=1S/C6H13O9P.2Na/c7-3-2(1-14-16(11,12)13)15-6(10)5(9)4(3)8;;/h2-10H,1H2,(H2,11,12,13);;/q;2*+1/p-2/t2-,3-,4+,5-,6?;;/m1../s1/i1+1,2+1,3+1,4+1,5+1,6+1;;. The first kappa shape index (κ1) is 22.2. The summed E-state index contributed by atoms with van der Waals surface area (Å²) in [5.74, 6) is 0. The predicted molar refractivity (Wildman–Crippen MR) is 42.5 cm³/mol. The van der Waals surface area contributed by atoms with E-state index in [1.165, 1.54) is 0 Å². The third kappa shape index (κ3) is 6.57. The van der Waals surface area contributed by atoms with Crippen molar-refractivity contribution in [3.05, 3.63) is 0 Å². The summed E-state index contributed by atoms with van der Waals surface area (Å²) in [5, 5.41) is 36.6. The van der Waals surface area contributed by atoms with Crippen LogP contribution in [0.5, 0.6) is 0 Å². The Morgan fingerprint density at radius 1 is 1.06 bits per heavy atom. The van der Waals surface area contributed by atoms with Crippen LogP contribution in [0.2, 0.25) is 0 Å². The normalized spacial score (nSPS) is 36.4. The predicted octanol–water partition coefficient (Wildman–Crippen LogP) is -10.4. The number of rotatable bonds is 3. The van der Waals surface area contributed by atoms with Crippen molar-refractivity contribution in [2.75, 3.05) is 6.61 Å². The Bertz CT molecular complexity index is 286. The SMILES string of the molecule is O=P([O-])([O-])O[13CH2][13C@H]1O[13CH](O)[13C@H](O)[13C@@H](O)[13C@@H]1O.[Na+].[Na+]. The molecule has 1 heterocycles. The number of aliphatic hydroxyl groups is 4. The van der Waals surface area contributed by atoms with Crippen molar-refractivity contribution in [2.45, 2.75) is 30.7 Å². The zero-order chi connectivity index (χ0) is 12.5. The number of phosphoric acid groups is 1. The van der Waals surface area contributed by atoms with Crippen molar-refractivity contribution in [3.8, 4) is 0 Å². The molecule has 18 heavy (non-hydrogen) atoms. The fourth-order valence-corrected chi connectivity index (χ4v) is 1.56. The van der Waals surface area contributed by atoms with Crippen LogP contribution in [0.15, 0.2) is 0 Å². The van der Waals surface area contributed by atoms with E-state index >= 15 is 0 Å². The topological polar surface area (TPSA) is 163 Å². The van der Waals surface area contributed by atoms with Crippen molar-refractivity contribution in [3.63, 3.8) is 0 Å². The molecule has 0 amide bonds. The molecule has 0 aromatic carbocycles. The minimum Gasteiger partial charge on any atom is -0.790 e. The number of ether oxygens (including phenoxy) is 1. The fraction of sp³-hybridized carbons (Fsp3) is 1.00. The summed E-state index contributed by atoms with van der Waals surface area (Å²) < 4.78 is 18.5. The summed E-state index contributed by atoms with van der Waals surface area (Å²) >= 11 is 0. The molecule has 96 valence electrons. The maximum absolute atomic E-state index is 10.1. The average Bonchev–Trinajstić information content (AvgIpc) is 2.17. The largest absolute Gasteiger partial charge is 1.00 e. The summed E-state index contributed by atoms with van der Waals surface area (Å²) in [7, 11) is -5.23. The van der Waals surface area contributed by atoms with Gasteiger partial charge in [-0.3, -0.25) is 0 Å². The van der Waals surface area contributed by atoms with Gasteiger partial charge in [-0.15, -0.1) is 0 Å². The molecule has 9 nitrogen and oxygen atoms in total. The number of hydrogen-bond donors (Lipinski definition) is 4. The van der Waals surface area contributed by atoms with Crippen LogP contribution in [0.25, 0.3) is 0 Å². The van der Waals surface area contributed by atoms with E-state index < -0.39 is 45.1 Å². The van der Waals surface area contributed by atoms with E-state index in [1.807, 2.05) is 0 Å². The Labute approximate surface area is 147 Å². The van der Waals surface area contributed by atoms with Gasteiger partial charge in [-0.05, 0) is 0 Å². The molecule has 1 rings (SSSR count). The Morgan fingerprint density at radius 2 is 1.56 bits per heavy atom. The van der Waals surface area contributed by atoms with Gasteiger partial charge < -0.3 is 44.0 Å². The van der Waals surface area contributed by atoms with Gasteiger partial charge >= 0.3 is 59.1 Å². The summed E-state index contributed by atoms with van der Waals surface area (Å²) in [6.45, 7) is -0.855. The van der Waals surface area contributed by atoms with Gasteiger partial charge in [0, 0.05) is 0 Å². The van der Waals surface area contributed by atoms with Crippen molar-refractivity contribution >= 4 is 7.82 Å². The van der Waals surface area contributed by atoms with Crippen LogP contribution < -0.4 is 68.9 Å². The molecule has 0 spiro atoms. The second-order valence-corrected chi connectivity index (χ2v) is 4.43. The van der Waals surface area contributed by atoms with E-state index in [0.29, 0.717) is 0 Å². The summed E-state index contributed by atoms with van der Waals surface area (Å²) in [4.78, 5) is 20.3. The van der Waals surface area contributed by atoms with Crippen LogP contribution in [-0.4, -0.2) is 57.7 Å². The van der Waals surface area contributed by atoms with Crippen LogP contribution in [0.3, 0.4) is 0 Å². The van der Waals surface area contributed by atoms with Crippen molar-refractivity contribution in [1.82, 2.24) is 0 Å². The third-order valence-electron chi connectivity index (χ3n) is 2.08. The van der Waals surface area contributed by atoms with E-state index in [1.54, 1.807) is 0 Å². The van der Waals surface area contributed by atoms with Crippen molar-refractivity contribution in [2.24, 2.45) is 0 Å². The molecule has 4 N–H and O–H groups in total. The fourth-order valence-electron chi connectivity index (χ4n) is 1.23. The van der Waals surface area contributed by atoms with Gasteiger partial charge in [-0.25, -0.2) is 0 Å². The quantitative estimate of drug-likeness (QED) is 0.225. The number of aliphatic hydroxyl groups excluding tert-OH is 4. The van der Waals surface area contributed by atoms with Gasteiger partial charge in [0.2, 0.25) is 0 Å². The Balaban J connectivity index is 0. The Kier molecular flexibility index (Phi) is 11.1. The van der Waals surface area contributed by atoms with Gasteiger partial charge in [0.25, 0.3) is 0 Å². The van der Waals surface area contributed by atoms with Crippen LogP contribution in [0.1, 0.15) is 0 Å². The summed E-state index contributed by atoms with van der Waals surface area (Å²) in [6, 6.07) is 0. The second kappa shape index (κ2) is 9.04. The molecule has 0 radical (unpaired) electrons. The van der Waals surface area contributed by atoms with Crippen molar-refractivity contribution in [1.29, 1.82) is 0 Å². The van der Waals surface area contributed by atoms with E-state index in [-0.39, 0.29) is 59.1 Å². The Hall–Kier alpha value is 1.91. The molecule has 1 unspecified atom stereocenters. The van der Waals surface area contributed by atoms with E-state index in [0.717, 1.165) is 0 Å². The maximum atomic E-state index is 10.1. The molecule has 0 saturated carbocycles. The summed E-state index contributed by atoms with van der Waals surface area (Å²) in [6.07, 6.45) is -8.35. The van der Waals surface area contributed by atoms with Gasteiger partial charge in [-0.2, -0.15) is 0 Å². The van der Waals surface area contributed by atoms with Gasteiger partial charge in [0.1, 0.15) is 24.4 Å². The molecule has 1 fully saturated rings. The molecular formula is C6H11Na2O9P. The number of hydrogen-bond acceptors (Lipinski definition) is 9. The van der Waals surface area contributed by atoms with Crippen LogP contribution in [-0.2, 0) is 13.8 Å². The maximum Gasteiger partial charge on any atom is 1.00 e. The van der Waals surface area contributed by atoms with Crippen LogP contribution >= 0.6 is 7.82 Å². The van der Waals surface area contributed by atoms with Gasteiger partial charge in [0.15, 0.2) is 6.29 Å². The van der Waals surface area contributed by atoms with Crippen LogP contribution in [0, 0.1) is 0 Å². The molecule has 0 bridgehead atoms. The molecular weight excluding hydrogens is 299 g/mol. The van der Waals surface area contributed by atoms with E-state index in [9.17, 15) is 24.6 Å². The minimum absolute atomic E-state index is 0. The van der Waals surface area contributed by atoms with Crippen molar-refractivity contribution < 1.29 is 103 Å². The zero-order valence-corrected chi connectivity index (χ0v) is 14.8.